The number of carbonyl (C=O) groups is 2. The van der Waals surface area contributed by atoms with E-state index in [2.05, 4.69) is 36.7 Å². The number of aromatic nitrogens is 1. The van der Waals surface area contributed by atoms with Gasteiger partial charge in [0.05, 0.1) is 0 Å². The number of likely N-dealkylation sites (tertiary alicyclic amines) is 1. The Hall–Kier alpha value is -2.55. The monoisotopic (exact) mass is 412 g/mol. The van der Waals surface area contributed by atoms with Crippen molar-refractivity contribution in [3.05, 3.63) is 28.6 Å². The molecule has 0 radical (unpaired) electrons. The molecule has 0 aliphatic carbocycles. The number of rotatable bonds is 7. The van der Waals surface area contributed by atoms with Gasteiger partial charge in [0, 0.05) is 43.0 Å². The maximum absolute atomic E-state index is 12.9. The number of amides is 2. The second-order valence-electron chi connectivity index (χ2n) is 8.76. The SMILES string of the molecule is CCCn1c(C)cc(/C=C(\C#N)C(=O)N2CCC(C(=O)NC(C)C(C)C)CC2)c1C. The topological polar surface area (TPSA) is 78.1 Å². The van der Waals surface area contributed by atoms with Crippen LogP contribution in [0.15, 0.2) is 11.6 Å². The van der Waals surface area contributed by atoms with Crippen molar-refractivity contribution in [2.75, 3.05) is 13.1 Å². The third-order valence-corrected chi connectivity index (χ3v) is 6.23. The average Bonchev–Trinajstić information content (AvgIpc) is 2.99. The first-order valence-corrected chi connectivity index (χ1v) is 11.1. The van der Waals surface area contributed by atoms with Gasteiger partial charge in [-0.1, -0.05) is 20.8 Å². The van der Waals surface area contributed by atoms with Crippen LogP contribution in [0.3, 0.4) is 0 Å². The molecule has 1 aliphatic heterocycles. The van der Waals surface area contributed by atoms with Gasteiger partial charge < -0.3 is 14.8 Å². The van der Waals surface area contributed by atoms with Crippen molar-refractivity contribution in [2.45, 2.75) is 73.4 Å². The molecule has 2 heterocycles. The fraction of sp³-hybridized carbons (Fsp3) is 0.625. The summed E-state index contributed by atoms with van der Waals surface area (Å²) in [5, 5.41) is 12.7. The Kier molecular flexibility index (Phi) is 8.28. The molecule has 6 heteroatoms. The summed E-state index contributed by atoms with van der Waals surface area (Å²) < 4.78 is 2.22. The van der Waals surface area contributed by atoms with Crippen molar-refractivity contribution in [1.82, 2.24) is 14.8 Å². The number of nitrogens with zero attached hydrogens (tertiary/aromatic N) is 3. The molecule has 30 heavy (non-hydrogen) atoms. The lowest BCUT2D eigenvalue weighted by Gasteiger charge is -2.32. The Morgan fingerprint density at radius 3 is 2.43 bits per heavy atom. The van der Waals surface area contributed by atoms with Crippen LogP contribution in [0.5, 0.6) is 0 Å². The Labute approximate surface area is 180 Å². The largest absolute Gasteiger partial charge is 0.353 e. The van der Waals surface area contributed by atoms with Gasteiger partial charge in [0.2, 0.25) is 5.91 Å². The number of hydrogen-bond donors (Lipinski definition) is 1. The summed E-state index contributed by atoms with van der Waals surface area (Å²) in [4.78, 5) is 27.1. The fourth-order valence-corrected chi connectivity index (χ4v) is 3.86. The van der Waals surface area contributed by atoms with Gasteiger partial charge in [-0.2, -0.15) is 5.26 Å². The molecule has 1 saturated heterocycles. The summed E-state index contributed by atoms with van der Waals surface area (Å²) in [5.41, 5.74) is 3.28. The zero-order valence-electron chi connectivity index (χ0n) is 19.3. The summed E-state index contributed by atoms with van der Waals surface area (Å²) in [7, 11) is 0. The van der Waals surface area contributed by atoms with Crippen LogP contribution in [-0.2, 0) is 16.1 Å². The molecule has 0 saturated carbocycles. The summed E-state index contributed by atoms with van der Waals surface area (Å²) in [6.07, 6.45) is 4.00. The highest BCUT2D eigenvalue weighted by atomic mass is 16.2. The molecule has 2 rings (SSSR count). The van der Waals surface area contributed by atoms with E-state index in [-0.39, 0.29) is 29.3 Å². The Morgan fingerprint density at radius 2 is 1.90 bits per heavy atom. The molecule has 1 fully saturated rings. The van der Waals surface area contributed by atoms with Crippen LogP contribution in [0, 0.1) is 37.0 Å². The molecule has 0 spiro atoms. The van der Waals surface area contributed by atoms with Gasteiger partial charge in [0.1, 0.15) is 11.6 Å². The Bertz CT molecular complexity index is 836. The standard InChI is InChI=1S/C24H36N4O2/c1-7-10-28-17(4)13-21(19(28)6)14-22(15-25)24(30)27-11-8-20(9-12-27)23(29)26-18(5)16(2)3/h13-14,16,18,20H,7-12H2,1-6H3,(H,26,29)/b22-14+. The normalized spacial score (nSPS) is 16.5. The highest BCUT2D eigenvalue weighted by molar-refractivity contribution is 6.02. The molecule has 1 unspecified atom stereocenters. The predicted molar refractivity (Wildman–Crippen MR) is 120 cm³/mol. The summed E-state index contributed by atoms with van der Waals surface area (Å²) >= 11 is 0. The highest BCUT2D eigenvalue weighted by Gasteiger charge is 2.29. The van der Waals surface area contributed by atoms with Crippen LogP contribution in [0.1, 0.15) is 63.9 Å². The number of aryl methyl sites for hydroxylation is 1. The minimum absolute atomic E-state index is 0.0715. The van der Waals surface area contributed by atoms with Crippen LogP contribution in [0.25, 0.3) is 6.08 Å². The molecule has 1 N–H and O–H groups in total. The third kappa shape index (κ3) is 5.53. The van der Waals surface area contributed by atoms with Crippen molar-refractivity contribution in [3.63, 3.8) is 0 Å². The molecule has 0 bridgehead atoms. The van der Waals surface area contributed by atoms with Gasteiger partial charge in [-0.25, -0.2) is 0 Å². The molecule has 164 valence electrons. The van der Waals surface area contributed by atoms with Gasteiger partial charge in [0.15, 0.2) is 0 Å². The van der Waals surface area contributed by atoms with Crippen molar-refractivity contribution < 1.29 is 9.59 Å². The quantitative estimate of drug-likeness (QED) is 0.546. The van der Waals surface area contributed by atoms with Gasteiger partial charge >= 0.3 is 0 Å². The van der Waals surface area contributed by atoms with E-state index in [0.29, 0.717) is 31.8 Å². The fourth-order valence-electron chi connectivity index (χ4n) is 3.86. The van der Waals surface area contributed by atoms with E-state index in [9.17, 15) is 14.9 Å². The third-order valence-electron chi connectivity index (χ3n) is 6.23. The summed E-state index contributed by atoms with van der Waals surface area (Å²) in [5.74, 6) is 0.144. The zero-order chi connectivity index (χ0) is 22.4. The Morgan fingerprint density at radius 1 is 1.27 bits per heavy atom. The van der Waals surface area contributed by atoms with Crippen LogP contribution in [0.2, 0.25) is 0 Å². The van der Waals surface area contributed by atoms with Gasteiger partial charge in [-0.05, 0) is 63.7 Å². The van der Waals surface area contributed by atoms with E-state index < -0.39 is 0 Å². The van der Waals surface area contributed by atoms with E-state index in [1.165, 1.54) is 0 Å². The van der Waals surface area contributed by atoms with Crippen molar-refractivity contribution in [3.8, 4) is 6.07 Å². The predicted octanol–water partition coefficient (Wildman–Crippen LogP) is 3.82. The van der Waals surface area contributed by atoms with Crippen LogP contribution >= 0.6 is 0 Å². The van der Waals surface area contributed by atoms with Crippen LogP contribution < -0.4 is 5.32 Å². The van der Waals surface area contributed by atoms with E-state index in [1.54, 1.807) is 11.0 Å². The number of piperidine rings is 1. The first-order chi connectivity index (χ1) is 14.2. The molecule has 6 nitrogen and oxygen atoms in total. The smallest absolute Gasteiger partial charge is 0.264 e. The Balaban J connectivity index is 2.05. The molecule has 1 atom stereocenters. The molecule has 2 amide bonds. The van der Waals surface area contributed by atoms with Crippen molar-refractivity contribution >= 4 is 17.9 Å². The lowest BCUT2D eigenvalue weighted by atomic mass is 9.94. The minimum Gasteiger partial charge on any atom is -0.353 e. The van der Waals surface area contributed by atoms with E-state index in [1.807, 2.05) is 26.8 Å². The van der Waals surface area contributed by atoms with Crippen molar-refractivity contribution in [2.24, 2.45) is 11.8 Å². The molecule has 1 aromatic rings. The minimum atomic E-state index is -0.243. The summed E-state index contributed by atoms with van der Waals surface area (Å²) in [6, 6.07) is 4.26. The molecular formula is C24H36N4O2. The van der Waals surface area contributed by atoms with Gasteiger partial charge in [-0.3, -0.25) is 9.59 Å². The van der Waals surface area contributed by atoms with E-state index >= 15 is 0 Å². The number of nitrogens with one attached hydrogen (secondary N) is 1. The van der Waals surface area contributed by atoms with Crippen LogP contribution in [-0.4, -0.2) is 40.4 Å². The lowest BCUT2D eigenvalue weighted by molar-refractivity contribution is -0.132. The molecule has 0 aromatic carbocycles. The maximum atomic E-state index is 12.9. The summed E-state index contributed by atoms with van der Waals surface area (Å²) in [6.45, 7) is 14.3. The maximum Gasteiger partial charge on any atom is 0.264 e. The first kappa shape index (κ1) is 23.7. The lowest BCUT2D eigenvalue weighted by Crippen LogP contribution is -2.46. The molecule has 1 aromatic heterocycles. The second-order valence-corrected chi connectivity index (χ2v) is 8.76. The first-order valence-electron chi connectivity index (χ1n) is 11.1. The number of nitriles is 1. The van der Waals surface area contributed by atoms with Gasteiger partial charge in [0.25, 0.3) is 5.91 Å². The van der Waals surface area contributed by atoms with Crippen LogP contribution in [0.4, 0.5) is 0 Å². The highest BCUT2D eigenvalue weighted by Crippen LogP contribution is 2.22. The number of hydrogen-bond acceptors (Lipinski definition) is 3. The molecule has 1 aliphatic rings. The zero-order valence-corrected chi connectivity index (χ0v) is 19.3. The van der Waals surface area contributed by atoms with Crippen molar-refractivity contribution in [1.29, 1.82) is 5.26 Å². The van der Waals surface area contributed by atoms with E-state index in [4.69, 9.17) is 0 Å². The van der Waals surface area contributed by atoms with E-state index in [0.717, 1.165) is 29.9 Å². The average molecular weight is 413 g/mol. The second kappa shape index (κ2) is 10.5. The molecular weight excluding hydrogens is 376 g/mol. The van der Waals surface area contributed by atoms with Gasteiger partial charge in [-0.15, -0.1) is 0 Å². The number of carbonyl (C=O) groups excluding carboxylic acids is 2.